The summed E-state index contributed by atoms with van der Waals surface area (Å²) in [5, 5.41) is 34.9. The predicted octanol–water partition coefficient (Wildman–Crippen LogP) is 6.71. The Morgan fingerprint density at radius 3 is 2.17 bits per heavy atom. The average Bonchev–Trinajstić information content (AvgIpc) is 3.37. The third-order valence-electron chi connectivity index (χ3n) is 8.17. The van der Waals surface area contributed by atoms with Crippen molar-refractivity contribution in [3.63, 3.8) is 0 Å². The molecule has 1 amide bonds. The Labute approximate surface area is 270 Å². The number of carboxylic acids is 1. The van der Waals surface area contributed by atoms with Gasteiger partial charge in [0, 0.05) is 35.9 Å². The summed E-state index contributed by atoms with van der Waals surface area (Å²) in [6.45, 7) is 6.43. The summed E-state index contributed by atoms with van der Waals surface area (Å²) >= 11 is 0. The first kappa shape index (κ1) is 34.6. The molecule has 3 aromatic carbocycles. The van der Waals surface area contributed by atoms with Crippen LogP contribution in [0.1, 0.15) is 86.8 Å². The highest BCUT2D eigenvalue weighted by molar-refractivity contribution is 6.12. The Kier molecular flexibility index (Phi) is 12.3. The minimum absolute atomic E-state index is 0.126. The van der Waals surface area contributed by atoms with Gasteiger partial charge in [-0.1, -0.05) is 76.1 Å². The molecule has 4 aromatic rings. The van der Waals surface area contributed by atoms with Gasteiger partial charge in [0.1, 0.15) is 5.82 Å². The van der Waals surface area contributed by atoms with Gasteiger partial charge in [0.05, 0.1) is 23.5 Å². The van der Waals surface area contributed by atoms with Crippen LogP contribution in [0.2, 0.25) is 0 Å². The summed E-state index contributed by atoms with van der Waals surface area (Å²) in [6.07, 6.45) is 1.65. The zero-order valence-electron chi connectivity index (χ0n) is 26.8. The summed E-state index contributed by atoms with van der Waals surface area (Å²) in [5.74, 6) is -2.19. The molecule has 0 aliphatic heterocycles. The molecule has 0 saturated heterocycles. The van der Waals surface area contributed by atoms with Crippen LogP contribution < -0.4 is 10.4 Å². The maximum atomic E-state index is 14.3. The zero-order chi connectivity index (χ0) is 33.2. The van der Waals surface area contributed by atoms with Crippen molar-refractivity contribution >= 4 is 17.6 Å². The fourth-order valence-electron chi connectivity index (χ4n) is 6.01. The fraction of sp³-hybridized carbons (Fsp3) is 0.368. The van der Waals surface area contributed by atoms with Gasteiger partial charge in [0.25, 0.3) is 5.91 Å². The molecule has 0 spiro atoms. The van der Waals surface area contributed by atoms with Crippen molar-refractivity contribution in [1.82, 2.24) is 4.57 Å². The summed E-state index contributed by atoms with van der Waals surface area (Å²) in [6, 6.07) is 23.6. The summed E-state index contributed by atoms with van der Waals surface area (Å²) in [7, 11) is 0. The maximum Gasteiger partial charge on any atom is 0.258 e. The van der Waals surface area contributed by atoms with Crippen molar-refractivity contribution in [1.29, 1.82) is 0 Å². The van der Waals surface area contributed by atoms with Crippen LogP contribution in [0.5, 0.6) is 0 Å². The second-order valence-corrected chi connectivity index (χ2v) is 12.2. The van der Waals surface area contributed by atoms with Crippen LogP contribution in [0, 0.1) is 5.82 Å². The highest BCUT2D eigenvalue weighted by atomic mass is 19.1. The number of carbonyl (C=O) groups is 2. The number of carbonyl (C=O) groups excluding carboxylic acids is 2. The highest BCUT2D eigenvalue weighted by Crippen LogP contribution is 2.42. The molecule has 244 valence electrons. The third kappa shape index (κ3) is 8.92. The lowest BCUT2D eigenvalue weighted by molar-refractivity contribution is -0.307. The molecule has 1 heterocycles. The topological polar surface area (TPSA) is 115 Å². The number of halogens is 1. The zero-order valence-corrected chi connectivity index (χ0v) is 26.8. The van der Waals surface area contributed by atoms with Crippen molar-refractivity contribution < 1.29 is 29.3 Å². The smallest absolute Gasteiger partial charge is 0.258 e. The molecule has 0 aliphatic rings. The monoisotopic (exact) mass is 627 g/mol. The van der Waals surface area contributed by atoms with Gasteiger partial charge in [0.2, 0.25) is 0 Å². The fourth-order valence-corrected chi connectivity index (χ4v) is 6.01. The number of anilines is 1. The third-order valence-corrected chi connectivity index (χ3v) is 8.17. The normalized spacial score (nSPS) is 12.7. The number of nitrogens with one attached hydrogen (secondary N) is 1. The number of hydrogen-bond acceptors (Lipinski definition) is 5. The van der Waals surface area contributed by atoms with Crippen LogP contribution in [0.25, 0.3) is 22.4 Å². The number of aromatic nitrogens is 1. The molecule has 2 atom stereocenters. The number of aliphatic hydroxyl groups is 2. The van der Waals surface area contributed by atoms with E-state index >= 15 is 0 Å². The molecule has 1 aromatic heterocycles. The van der Waals surface area contributed by atoms with E-state index in [0.29, 0.717) is 28.1 Å². The molecule has 0 saturated carbocycles. The number of aliphatic hydroxyl groups excluding tert-OH is 2. The summed E-state index contributed by atoms with van der Waals surface area (Å²) in [5.41, 5.74) is 6.02. The molecule has 0 radical (unpaired) electrons. The van der Waals surface area contributed by atoms with Gasteiger partial charge >= 0.3 is 0 Å². The molecule has 3 N–H and O–H groups in total. The highest BCUT2D eigenvalue weighted by Gasteiger charge is 2.31. The van der Waals surface area contributed by atoms with Crippen LogP contribution in [-0.2, 0) is 17.8 Å². The molecule has 0 unspecified atom stereocenters. The molecular formula is C38H44FN2O5-. The number of amides is 1. The van der Waals surface area contributed by atoms with Gasteiger partial charge in [-0.2, -0.15) is 0 Å². The number of aliphatic carboxylic acids is 1. The summed E-state index contributed by atoms with van der Waals surface area (Å²) < 4.78 is 16.1. The summed E-state index contributed by atoms with van der Waals surface area (Å²) in [4.78, 5) is 25.3. The van der Waals surface area contributed by atoms with Crippen molar-refractivity contribution in [2.45, 2.75) is 90.4 Å². The Morgan fingerprint density at radius 2 is 1.57 bits per heavy atom. The van der Waals surface area contributed by atoms with E-state index in [1.54, 1.807) is 12.1 Å². The molecule has 0 fully saturated rings. The molecule has 0 bridgehead atoms. The van der Waals surface area contributed by atoms with E-state index < -0.39 is 24.6 Å². The Balaban J connectivity index is 1.82. The van der Waals surface area contributed by atoms with Crippen LogP contribution in [0.3, 0.4) is 0 Å². The predicted molar refractivity (Wildman–Crippen MR) is 178 cm³/mol. The number of nitrogens with zero attached hydrogens (tertiary/aromatic N) is 1. The second kappa shape index (κ2) is 16.3. The van der Waals surface area contributed by atoms with E-state index in [4.69, 9.17) is 0 Å². The SMILES string of the molecule is CCCCCc1ccc(NC(=O)c2c(-c3ccccc3)c(-c3ccc(F)cc3)n(CC[C@@H](O)C[C@@H](O)CC(=O)[O-])c2C(C)C)cc1. The number of benzene rings is 3. The van der Waals surface area contributed by atoms with Crippen LogP contribution >= 0.6 is 0 Å². The molecule has 7 nitrogen and oxygen atoms in total. The number of rotatable bonds is 16. The molecular weight excluding hydrogens is 583 g/mol. The van der Waals surface area contributed by atoms with E-state index in [9.17, 15) is 29.3 Å². The van der Waals surface area contributed by atoms with E-state index in [0.717, 1.165) is 30.5 Å². The van der Waals surface area contributed by atoms with Gasteiger partial charge in [-0.15, -0.1) is 0 Å². The number of hydrogen-bond donors (Lipinski definition) is 3. The van der Waals surface area contributed by atoms with E-state index in [2.05, 4.69) is 12.2 Å². The van der Waals surface area contributed by atoms with Gasteiger partial charge in [-0.3, -0.25) is 4.79 Å². The van der Waals surface area contributed by atoms with Gasteiger partial charge < -0.3 is 30.0 Å². The first-order valence-electron chi connectivity index (χ1n) is 16.1. The van der Waals surface area contributed by atoms with E-state index in [1.807, 2.05) is 73.0 Å². The number of carboxylic acid groups (broad SMARTS) is 1. The molecule has 46 heavy (non-hydrogen) atoms. The van der Waals surface area contributed by atoms with E-state index in [1.165, 1.54) is 24.1 Å². The van der Waals surface area contributed by atoms with Crippen molar-refractivity contribution in [2.75, 3.05) is 5.32 Å². The largest absolute Gasteiger partial charge is 0.550 e. The Morgan fingerprint density at radius 1 is 0.891 bits per heavy atom. The van der Waals surface area contributed by atoms with Crippen molar-refractivity contribution in [3.05, 3.63) is 102 Å². The Hall–Kier alpha value is -4.27. The van der Waals surface area contributed by atoms with Crippen LogP contribution in [0.4, 0.5) is 10.1 Å². The maximum absolute atomic E-state index is 14.3. The Bertz CT molecular complexity index is 1580. The lowest BCUT2D eigenvalue weighted by atomic mass is 9.94. The van der Waals surface area contributed by atoms with Crippen molar-refractivity contribution in [2.24, 2.45) is 0 Å². The lowest BCUT2D eigenvalue weighted by Crippen LogP contribution is -2.29. The number of aryl methyl sites for hydroxylation is 1. The standard InChI is InChI=1S/C38H45FN2O5/c1-4-5-7-10-26-13-19-30(20-14-26)40-38(46)35-34(27-11-8-6-9-12-27)37(28-15-17-29(39)18-16-28)41(36(35)25(2)3)22-21-31(42)23-32(43)24-33(44)45/h6,8-9,11-20,25,31-32,42-43H,4-5,7,10,21-24H2,1-3H3,(H,40,46)(H,44,45)/p-1/t31-,32-/m1/s1. The van der Waals surface area contributed by atoms with Gasteiger partial charge in [-0.25, -0.2) is 4.39 Å². The average molecular weight is 628 g/mol. The lowest BCUT2D eigenvalue weighted by Gasteiger charge is -2.20. The molecule has 8 heteroatoms. The minimum Gasteiger partial charge on any atom is -0.550 e. The van der Waals surface area contributed by atoms with E-state index in [-0.39, 0.29) is 37.0 Å². The van der Waals surface area contributed by atoms with Crippen LogP contribution in [0.15, 0.2) is 78.9 Å². The minimum atomic E-state index is -1.39. The number of unbranched alkanes of at least 4 members (excludes halogenated alkanes) is 2. The first-order valence-corrected chi connectivity index (χ1v) is 16.1. The molecule has 4 rings (SSSR count). The first-order chi connectivity index (χ1) is 22.1. The van der Waals surface area contributed by atoms with Gasteiger partial charge in [0.15, 0.2) is 0 Å². The second-order valence-electron chi connectivity index (χ2n) is 12.2. The van der Waals surface area contributed by atoms with Crippen LogP contribution in [-0.4, -0.2) is 38.9 Å². The molecule has 0 aliphatic carbocycles. The quantitative estimate of drug-likeness (QED) is 0.120. The van der Waals surface area contributed by atoms with Gasteiger partial charge in [-0.05, 0) is 84.7 Å². The van der Waals surface area contributed by atoms with Crippen molar-refractivity contribution in [3.8, 4) is 22.4 Å².